The number of nitrogens with zero attached hydrogens (tertiary/aromatic N) is 4. The number of aliphatic hydroxyl groups is 1. The number of likely N-dealkylation sites (N-methyl/N-ethyl adjacent to an activating group) is 1. The molecule has 2 N–H and O–H groups in total. The molecule has 254 valence electrons. The summed E-state index contributed by atoms with van der Waals surface area (Å²) < 4.78 is 70.4. The average molecular weight is 698 g/mol. The first kappa shape index (κ1) is 35.8. The van der Waals surface area contributed by atoms with Crippen molar-refractivity contribution in [1.29, 1.82) is 0 Å². The summed E-state index contributed by atoms with van der Waals surface area (Å²) in [4.78, 5) is 19.8. The molecule has 0 bridgehead atoms. The number of aryl methyl sites for hydroxylation is 1. The van der Waals surface area contributed by atoms with Crippen LogP contribution in [-0.2, 0) is 31.8 Å². The number of anilines is 1. The van der Waals surface area contributed by atoms with Crippen LogP contribution in [0, 0.1) is 5.92 Å². The number of thiophene rings is 1. The number of ether oxygens (including phenoxy) is 2. The summed E-state index contributed by atoms with van der Waals surface area (Å²) in [6, 6.07) is 7.08. The third-order valence-corrected chi connectivity index (χ3v) is 12.3. The summed E-state index contributed by atoms with van der Waals surface area (Å²) in [5.41, 5.74) is 0.320. The van der Waals surface area contributed by atoms with Gasteiger partial charge in [-0.2, -0.15) is 4.31 Å². The standard InChI is InChI=1S/C30H43N5O8S3/c1-21-16-35(22(2)19-36)30(37)25-15-24(32-45(38,39)29-10-8-14-44-29)11-12-26(25)43-23(3)9-6-7-13-42-27(21)17-34(5)46(40,41)28-18-33(4)20-31-28/h8,10-12,14-15,18,20-23,27,32,36H,6-7,9,13,16-17,19H2,1-5H3/t21-,22+,23-,27+/m1/s1. The third kappa shape index (κ3) is 8.66. The maximum Gasteiger partial charge on any atom is 0.271 e. The number of nitrogens with one attached hydrogen (secondary N) is 1. The van der Waals surface area contributed by atoms with E-state index in [1.54, 1.807) is 42.1 Å². The molecule has 1 aliphatic heterocycles. The van der Waals surface area contributed by atoms with E-state index in [-0.39, 0.29) is 52.2 Å². The van der Waals surface area contributed by atoms with Crippen molar-refractivity contribution in [2.45, 2.75) is 67.5 Å². The fraction of sp³-hybridized carbons (Fsp3) is 0.533. The Morgan fingerprint density at radius 2 is 1.96 bits per heavy atom. The highest BCUT2D eigenvalue weighted by Crippen LogP contribution is 2.30. The smallest absolute Gasteiger partial charge is 0.271 e. The van der Waals surface area contributed by atoms with Crippen LogP contribution in [0.3, 0.4) is 0 Å². The Balaban J connectivity index is 1.67. The van der Waals surface area contributed by atoms with Crippen LogP contribution >= 0.6 is 11.3 Å². The molecule has 0 spiro atoms. The van der Waals surface area contributed by atoms with Gasteiger partial charge in [-0.05, 0) is 62.8 Å². The molecule has 3 aromatic rings. The van der Waals surface area contributed by atoms with Crippen molar-refractivity contribution >= 4 is 43.0 Å². The molecular weight excluding hydrogens is 655 g/mol. The molecule has 1 aromatic carbocycles. The van der Waals surface area contributed by atoms with Gasteiger partial charge in [-0.3, -0.25) is 9.52 Å². The molecule has 0 unspecified atom stereocenters. The van der Waals surface area contributed by atoms with Gasteiger partial charge in [0.2, 0.25) is 0 Å². The maximum absolute atomic E-state index is 14.3. The van der Waals surface area contributed by atoms with E-state index in [1.165, 1.54) is 40.9 Å². The fourth-order valence-electron chi connectivity index (χ4n) is 5.10. The number of benzene rings is 1. The van der Waals surface area contributed by atoms with Crippen LogP contribution in [0.5, 0.6) is 5.75 Å². The van der Waals surface area contributed by atoms with Crippen molar-refractivity contribution in [3.8, 4) is 5.75 Å². The number of carbonyl (C=O) groups excluding carboxylic acids is 1. The number of hydrogen-bond acceptors (Lipinski definition) is 10. The normalized spacial score (nSPS) is 21.3. The van der Waals surface area contributed by atoms with Crippen LogP contribution in [0.4, 0.5) is 5.69 Å². The minimum atomic E-state index is -3.90. The number of fused-ring (bicyclic) bond motifs is 1. The molecule has 2 aromatic heterocycles. The lowest BCUT2D eigenvalue weighted by Gasteiger charge is -2.35. The zero-order valence-electron chi connectivity index (χ0n) is 26.7. The monoisotopic (exact) mass is 697 g/mol. The molecule has 4 rings (SSSR count). The molecule has 1 amide bonds. The van der Waals surface area contributed by atoms with Gasteiger partial charge in [0.1, 0.15) is 9.96 Å². The Labute approximate surface area is 275 Å². The maximum atomic E-state index is 14.3. The molecule has 0 fully saturated rings. The summed E-state index contributed by atoms with van der Waals surface area (Å²) in [6.45, 7) is 5.64. The zero-order chi connectivity index (χ0) is 33.6. The first-order chi connectivity index (χ1) is 21.7. The molecule has 4 atom stereocenters. The predicted molar refractivity (Wildman–Crippen MR) is 175 cm³/mol. The van der Waals surface area contributed by atoms with Gasteiger partial charge < -0.3 is 24.0 Å². The summed E-state index contributed by atoms with van der Waals surface area (Å²) in [5.74, 6) is -0.547. The number of imidazole rings is 1. The SMILES string of the molecule is C[C@@H]1CCCCO[C@@H](CN(C)S(=O)(=O)c2cn(C)cn2)[C@H](C)CN([C@@H](C)CO)C(=O)c2cc(NS(=O)(=O)c3cccs3)ccc2O1. The van der Waals surface area contributed by atoms with Gasteiger partial charge >= 0.3 is 0 Å². The van der Waals surface area contributed by atoms with E-state index in [0.29, 0.717) is 25.2 Å². The predicted octanol–water partition coefficient (Wildman–Crippen LogP) is 3.40. The van der Waals surface area contributed by atoms with Gasteiger partial charge in [-0.1, -0.05) is 13.0 Å². The molecule has 16 heteroatoms. The minimum absolute atomic E-state index is 0.0142. The molecule has 0 saturated carbocycles. The lowest BCUT2D eigenvalue weighted by atomic mass is 10.0. The van der Waals surface area contributed by atoms with Gasteiger partial charge in [-0.25, -0.2) is 21.8 Å². The van der Waals surface area contributed by atoms with Crippen LogP contribution in [0.25, 0.3) is 0 Å². The Morgan fingerprint density at radius 1 is 1.20 bits per heavy atom. The summed E-state index contributed by atoms with van der Waals surface area (Å²) in [7, 11) is -4.62. The zero-order valence-corrected chi connectivity index (χ0v) is 29.1. The van der Waals surface area contributed by atoms with E-state index in [2.05, 4.69) is 9.71 Å². The second-order valence-electron chi connectivity index (χ2n) is 11.7. The number of rotatable bonds is 9. The summed E-state index contributed by atoms with van der Waals surface area (Å²) >= 11 is 1.08. The Bertz CT molecular complexity index is 1680. The van der Waals surface area contributed by atoms with Crippen molar-refractivity contribution < 1.29 is 36.2 Å². The highest BCUT2D eigenvalue weighted by Gasteiger charge is 2.33. The van der Waals surface area contributed by atoms with Crippen molar-refractivity contribution in [2.75, 3.05) is 38.1 Å². The number of amides is 1. The van der Waals surface area contributed by atoms with Crippen molar-refractivity contribution in [2.24, 2.45) is 13.0 Å². The van der Waals surface area contributed by atoms with E-state index < -0.39 is 38.1 Å². The topological polar surface area (TPSA) is 160 Å². The second-order valence-corrected chi connectivity index (χ2v) is 16.6. The van der Waals surface area contributed by atoms with Gasteiger partial charge in [0.15, 0.2) is 5.03 Å². The van der Waals surface area contributed by atoms with Crippen molar-refractivity contribution in [1.82, 2.24) is 18.8 Å². The van der Waals surface area contributed by atoms with Crippen LogP contribution in [0.1, 0.15) is 50.4 Å². The molecule has 13 nitrogen and oxygen atoms in total. The average Bonchev–Trinajstić information content (AvgIpc) is 3.72. The lowest BCUT2D eigenvalue weighted by molar-refractivity contribution is -0.00835. The van der Waals surface area contributed by atoms with Crippen LogP contribution in [-0.4, -0.2) is 98.2 Å². The van der Waals surface area contributed by atoms with E-state index in [4.69, 9.17) is 9.47 Å². The Hall–Kier alpha value is -3.02. The van der Waals surface area contributed by atoms with E-state index in [1.807, 2.05) is 13.8 Å². The number of carbonyl (C=O) groups is 1. The molecule has 3 heterocycles. The molecule has 0 aliphatic carbocycles. The highest BCUT2D eigenvalue weighted by molar-refractivity contribution is 7.94. The van der Waals surface area contributed by atoms with Crippen molar-refractivity contribution in [3.63, 3.8) is 0 Å². The minimum Gasteiger partial charge on any atom is -0.490 e. The number of hydrogen-bond donors (Lipinski definition) is 2. The first-order valence-electron chi connectivity index (χ1n) is 15.1. The number of sulfonamides is 2. The summed E-state index contributed by atoms with van der Waals surface area (Å²) in [5, 5.41) is 11.8. The quantitative estimate of drug-likeness (QED) is 0.342. The fourth-order valence-corrected chi connectivity index (χ4v) is 8.29. The molecule has 0 radical (unpaired) electrons. The van der Waals surface area contributed by atoms with Gasteiger partial charge in [0.05, 0.1) is 36.7 Å². The summed E-state index contributed by atoms with van der Waals surface area (Å²) in [6.07, 6.45) is 4.12. The Morgan fingerprint density at radius 3 is 2.61 bits per heavy atom. The van der Waals surface area contributed by atoms with E-state index in [0.717, 1.165) is 17.8 Å². The van der Waals surface area contributed by atoms with E-state index >= 15 is 0 Å². The van der Waals surface area contributed by atoms with Crippen molar-refractivity contribution in [3.05, 3.63) is 53.8 Å². The molecule has 0 saturated heterocycles. The van der Waals surface area contributed by atoms with Gasteiger partial charge in [-0.15, -0.1) is 11.3 Å². The van der Waals surface area contributed by atoms with E-state index in [9.17, 15) is 26.7 Å². The largest absolute Gasteiger partial charge is 0.490 e. The highest BCUT2D eigenvalue weighted by atomic mass is 32.2. The third-order valence-electron chi connectivity index (χ3n) is 7.86. The van der Waals surface area contributed by atoms with Gasteiger partial charge in [0, 0.05) is 51.6 Å². The van der Waals surface area contributed by atoms with Crippen LogP contribution < -0.4 is 9.46 Å². The lowest BCUT2D eigenvalue weighted by Crippen LogP contribution is -2.48. The first-order valence-corrected chi connectivity index (χ1v) is 18.9. The second kappa shape index (κ2) is 15.3. The Kier molecular flexibility index (Phi) is 11.9. The molecular formula is C30H43N5O8S3. The molecule has 46 heavy (non-hydrogen) atoms. The number of aliphatic hydroxyl groups excluding tert-OH is 1. The molecule has 1 aliphatic rings. The van der Waals surface area contributed by atoms with Gasteiger partial charge in [0.25, 0.3) is 26.0 Å². The van der Waals surface area contributed by atoms with Crippen LogP contribution in [0.2, 0.25) is 0 Å². The van der Waals surface area contributed by atoms with Crippen LogP contribution in [0.15, 0.2) is 57.5 Å². The number of aromatic nitrogens is 2.